The summed E-state index contributed by atoms with van der Waals surface area (Å²) in [5.41, 5.74) is 8.50. The first kappa shape index (κ1) is 16.8. The van der Waals surface area contributed by atoms with Crippen LogP contribution in [0.3, 0.4) is 0 Å². The molecule has 0 bridgehead atoms. The van der Waals surface area contributed by atoms with Gasteiger partial charge in [-0.05, 0) is 37.3 Å². The molecule has 2 atom stereocenters. The molecule has 1 aliphatic rings. The molecule has 1 amide bonds. The average molecular weight is 354 g/mol. The van der Waals surface area contributed by atoms with Crippen LogP contribution < -0.4 is 5.73 Å². The number of rotatable bonds is 4. The van der Waals surface area contributed by atoms with Crippen LogP contribution in [0.4, 0.5) is 0 Å². The van der Waals surface area contributed by atoms with Crippen LogP contribution >= 0.6 is 0 Å². The van der Waals surface area contributed by atoms with E-state index in [2.05, 4.69) is 4.98 Å². The van der Waals surface area contributed by atoms with Gasteiger partial charge in [0.15, 0.2) is 0 Å². The molecule has 1 saturated heterocycles. The van der Waals surface area contributed by atoms with E-state index < -0.39 is 0 Å². The molecular weight excluding hydrogens is 332 g/mol. The summed E-state index contributed by atoms with van der Waals surface area (Å²) in [4.78, 5) is 19.0. The van der Waals surface area contributed by atoms with E-state index in [4.69, 9.17) is 15.3 Å². The molecule has 1 aromatic carbocycles. The molecule has 3 heterocycles. The highest BCUT2D eigenvalue weighted by atomic mass is 16.3. The number of imidazole rings is 1. The SMILES string of the molecule is Cc1ccc([C@@H]2CN(C(=O)c3ccc4c(c3)ncn4CCO)C[C@H]2N)o1. The first-order valence-corrected chi connectivity index (χ1v) is 8.74. The van der Waals surface area contributed by atoms with Crippen LogP contribution in [-0.2, 0) is 6.54 Å². The van der Waals surface area contributed by atoms with E-state index in [1.807, 2.05) is 29.7 Å². The van der Waals surface area contributed by atoms with Crippen molar-refractivity contribution in [2.45, 2.75) is 25.4 Å². The van der Waals surface area contributed by atoms with Crippen LogP contribution in [0, 0.1) is 6.92 Å². The summed E-state index contributed by atoms with van der Waals surface area (Å²) >= 11 is 0. The van der Waals surface area contributed by atoms with Gasteiger partial charge in [-0.1, -0.05) is 0 Å². The number of hydrogen-bond donors (Lipinski definition) is 2. The summed E-state index contributed by atoms with van der Waals surface area (Å²) in [6.07, 6.45) is 1.68. The van der Waals surface area contributed by atoms with Gasteiger partial charge in [-0.2, -0.15) is 0 Å². The van der Waals surface area contributed by atoms with E-state index in [0.29, 0.717) is 25.2 Å². The molecule has 0 radical (unpaired) electrons. The third kappa shape index (κ3) is 2.89. The minimum Gasteiger partial charge on any atom is -0.466 e. The largest absolute Gasteiger partial charge is 0.466 e. The number of nitrogens with two attached hydrogens (primary N) is 1. The highest BCUT2D eigenvalue weighted by molar-refractivity contribution is 5.97. The molecule has 136 valence electrons. The maximum absolute atomic E-state index is 12.9. The van der Waals surface area contributed by atoms with E-state index in [1.54, 1.807) is 23.4 Å². The topological polar surface area (TPSA) is 97.5 Å². The van der Waals surface area contributed by atoms with Crippen molar-refractivity contribution in [3.63, 3.8) is 0 Å². The van der Waals surface area contributed by atoms with Crippen molar-refractivity contribution in [2.75, 3.05) is 19.7 Å². The van der Waals surface area contributed by atoms with Crippen molar-refractivity contribution in [1.82, 2.24) is 14.5 Å². The Hall–Kier alpha value is -2.64. The van der Waals surface area contributed by atoms with Gasteiger partial charge < -0.3 is 24.7 Å². The molecule has 4 rings (SSSR count). The number of carbonyl (C=O) groups excluding carboxylic acids is 1. The van der Waals surface area contributed by atoms with Crippen molar-refractivity contribution in [1.29, 1.82) is 0 Å². The van der Waals surface area contributed by atoms with Crippen LogP contribution in [0.2, 0.25) is 0 Å². The van der Waals surface area contributed by atoms with E-state index in [0.717, 1.165) is 22.6 Å². The van der Waals surface area contributed by atoms with Gasteiger partial charge in [0.1, 0.15) is 11.5 Å². The lowest BCUT2D eigenvalue weighted by Crippen LogP contribution is -2.32. The van der Waals surface area contributed by atoms with Gasteiger partial charge in [0.2, 0.25) is 0 Å². The number of fused-ring (bicyclic) bond motifs is 1. The number of aryl methyl sites for hydroxylation is 1. The maximum atomic E-state index is 12.9. The maximum Gasteiger partial charge on any atom is 0.254 e. The smallest absolute Gasteiger partial charge is 0.254 e. The molecule has 0 unspecified atom stereocenters. The number of likely N-dealkylation sites (tertiary alicyclic amines) is 1. The summed E-state index contributed by atoms with van der Waals surface area (Å²) in [5.74, 6) is 1.65. The molecule has 26 heavy (non-hydrogen) atoms. The van der Waals surface area contributed by atoms with Crippen molar-refractivity contribution < 1.29 is 14.3 Å². The summed E-state index contributed by atoms with van der Waals surface area (Å²) in [6.45, 7) is 3.47. The predicted molar refractivity (Wildman–Crippen MR) is 96.9 cm³/mol. The molecule has 3 N–H and O–H groups in total. The van der Waals surface area contributed by atoms with Crippen LogP contribution in [0.5, 0.6) is 0 Å². The Morgan fingerprint density at radius 2 is 2.19 bits per heavy atom. The van der Waals surface area contributed by atoms with Crippen LogP contribution in [0.25, 0.3) is 11.0 Å². The van der Waals surface area contributed by atoms with Gasteiger partial charge >= 0.3 is 0 Å². The molecule has 2 aromatic heterocycles. The van der Waals surface area contributed by atoms with Crippen LogP contribution in [0.15, 0.2) is 41.1 Å². The zero-order valence-corrected chi connectivity index (χ0v) is 14.6. The highest BCUT2D eigenvalue weighted by Gasteiger charge is 2.36. The number of aliphatic hydroxyl groups excluding tert-OH is 1. The Balaban J connectivity index is 1.55. The van der Waals surface area contributed by atoms with Crippen molar-refractivity contribution in [3.05, 3.63) is 53.7 Å². The minimum atomic E-state index is -0.142. The van der Waals surface area contributed by atoms with Crippen molar-refractivity contribution in [3.8, 4) is 0 Å². The van der Waals surface area contributed by atoms with E-state index >= 15 is 0 Å². The number of amides is 1. The number of hydrogen-bond acceptors (Lipinski definition) is 5. The highest BCUT2D eigenvalue weighted by Crippen LogP contribution is 2.29. The standard InChI is InChI=1S/C19H22N4O3/c1-12-2-5-18(26-12)14-9-23(10-15(14)20)19(25)13-3-4-17-16(8-13)21-11-22(17)6-7-24/h2-5,8,11,14-15,24H,6-7,9-10,20H2,1H3/t14-,15-/m1/s1. The second-order valence-corrected chi connectivity index (χ2v) is 6.79. The Labute approximate surface area is 151 Å². The number of nitrogens with zero attached hydrogens (tertiary/aromatic N) is 3. The lowest BCUT2D eigenvalue weighted by molar-refractivity contribution is 0.0788. The zero-order chi connectivity index (χ0) is 18.3. The second kappa shape index (κ2) is 6.59. The number of furan rings is 1. The number of benzene rings is 1. The summed E-state index contributed by atoms with van der Waals surface area (Å²) < 4.78 is 7.57. The van der Waals surface area contributed by atoms with Gasteiger partial charge in [0.25, 0.3) is 5.91 Å². The minimum absolute atomic E-state index is 0.0140. The fraction of sp³-hybridized carbons (Fsp3) is 0.368. The Morgan fingerprint density at radius 1 is 1.35 bits per heavy atom. The summed E-state index contributed by atoms with van der Waals surface area (Å²) in [5, 5.41) is 9.10. The molecule has 0 aliphatic carbocycles. The van der Waals surface area contributed by atoms with Crippen LogP contribution in [-0.4, -0.2) is 51.2 Å². The molecule has 0 saturated carbocycles. The number of aliphatic hydroxyl groups is 1. The number of carbonyl (C=O) groups is 1. The third-order valence-electron chi connectivity index (χ3n) is 4.99. The number of aromatic nitrogens is 2. The quantitative estimate of drug-likeness (QED) is 0.740. The van der Waals surface area contributed by atoms with E-state index in [9.17, 15) is 4.79 Å². The first-order valence-electron chi connectivity index (χ1n) is 8.74. The lowest BCUT2D eigenvalue weighted by atomic mass is 10.0. The lowest BCUT2D eigenvalue weighted by Gasteiger charge is -2.16. The Bertz CT molecular complexity index is 945. The van der Waals surface area contributed by atoms with E-state index in [1.165, 1.54) is 0 Å². The average Bonchev–Trinajstić information content (AvgIpc) is 3.33. The van der Waals surface area contributed by atoms with Gasteiger partial charge in [0.05, 0.1) is 29.9 Å². The monoisotopic (exact) mass is 354 g/mol. The third-order valence-corrected chi connectivity index (χ3v) is 4.99. The molecule has 7 heteroatoms. The van der Waals surface area contributed by atoms with E-state index in [-0.39, 0.29) is 24.5 Å². The fourth-order valence-corrected chi connectivity index (χ4v) is 3.61. The summed E-state index contributed by atoms with van der Waals surface area (Å²) in [6, 6.07) is 9.18. The molecule has 3 aromatic rings. The van der Waals surface area contributed by atoms with Gasteiger partial charge in [-0.3, -0.25) is 4.79 Å². The second-order valence-electron chi connectivity index (χ2n) is 6.79. The molecule has 1 fully saturated rings. The molecular formula is C19H22N4O3. The molecule has 0 spiro atoms. The normalized spacial score (nSPS) is 20.2. The Kier molecular flexibility index (Phi) is 4.26. The fourth-order valence-electron chi connectivity index (χ4n) is 3.61. The molecule has 1 aliphatic heterocycles. The first-order chi connectivity index (χ1) is 12.6. The zero-order valence-electron chi connectivity index (χ0n) is 14.6. The molecule has 7 nitrogen and oxygen atoms in total. The van der Waals surface area contributed by atoms with Crippen molar-refractivity contribution >= 4 is 16.9 Å². The van der Waals surface area contributed by atoms with Crippen LogP contribution in [0.1, 0.15) is 27.8 Å². The predicted octanol–water partition coefficient (Wildman–Crippen LogP) is 1.50. The van der Waals surface area contributed by atoms with Gasteiger partial charge in [-0.15, -0.1) is 0 Å². The van der Waals surface area contributed by atoms with Crippen molar-refractivity contribution in [2.24, 2.45) is 5.73 Å². The van der Waals surface area contributed by atoms with Gasteiger partial charge in [0, 0.05) is 31.2 Å². The Morgan fingerprint density at radius 3 is 2.92 bits per heavy atom. The van der Waals surface area contributed by atoms with Gasteiger partial charge in [-0.25, -0.2) is 4.98 Å². The summed E-state index contributed by atoms with van der Waals surface area (Å²) in [7, 11) is 0.